The van der Waals surface area contributed by atoms with Crippen LogP contribution in [0.1, 0.15) is 42.9 Å². The van der Waals surface area contributed by atoms with Crippen molar-refractivity contribution in [3.63, 3.8) is 0 Å². The number of nitrogens with zero attached hydrogens (tertiary/aromatic N) is 2. The maximum Gasteiger partial charge on any atom is 0.243 e. The highest BCUT2D eigenvalue weighted by Crippen LogP contribution is 2.36. The number of amides is 1. The Hall–Kier alpha value is -2.66. The Labute approximate surface area is 156 Å². The van der Waals surface area contributed by atoms with Crippen molar-refractivity contribution in [2.24, 2.45) is 5.10 Å². The van der Waals surface area contributed by atoms with Crippen molar-refractivity contribution in [1.29, 1.82) is 0 Å². The van der Waals surface area contributed by atoms with Crippen LogP contribution in [0.5, 0.6) is 0 Å². The minimum atomic E-state index is -1.16. The van der Waals surface area contributed by atoms with Gasteiger partial charge in [0.2, 0.25) is 5.91 Å². The number of carboxylic acids is 1. The standard InChI is InChI=1S/C20H19ClN2O3/c21-16-10-5-4-9-15(16)18-13-17(14-7-2-1-3-8-14)22-23(18)19(24)11-6-12-20(25)26/h1-5,7-10,18H,6,11-13H2,(H,25,26)/p-1/t18-/m1/s1. The van der Waals surface area contributed by atoms with Gasteiger partial charge in [0.25, 0.3) is 0 Å². The first-order valence-electron chi connectivity index (χ1n) is 8.45. The summed E-state index contributed by atoms with van der Waals surface area (Å²) in [7, 11) is 0. The van der Waals surface area contributed by atoms with Crippen LogP contribution in [0.15, 0.2) is 59.7 Å². The lowest BCUT2D eigenvalue weighted by atomic mass is 9.98. The molecular formula is C20H18ClN2O3-. The second-order valence-corrected chi connectivity index (χ2v) is 6.53. The molecule has 0 spiro atoms. The lowest BCUT2D eigenvalue weighted by Gasteiger charge is -2.23. The molecule has 0 bridgehead atoms. The SMILES string of the molecule is O=C([O-])CCCC(=O)N1N=C(c2ccccc2)C[C@@H]1c1ccccc1Cl. The number of benzene rings is 2. The van der Waals surface area contributed by atoms with Crippen LogP contribution in [0.3, 0.4) is 0 Å². The molecule has 3 rings (SSSR count). The number of rotatable bonds is 6. The molecule has 6 heteroatoms. The summed E-state index contributed by atoms with van der Waals surface area (Å²) in [5.74, 6) is -1.38. The summed E-state index contributed by atoms with van der Waals surface area (Å²) in [4.78, 5) is 23.2. The average molecular weight is 370 g/mol. The predicted molar refractivity (Wildman–Crippen MR) is 97.5 cm³/mol. The minimum Gasteiger partial charge on any atom is -0.550 e. The first-order chi connectivity index (χ1) is 12.6. The normalized spacial score (nSPS) is 16.4. The van der Waals surface area contributed by atoms with Crippen LogP contribution in [-0.2, 0) is 9.59 Å². The van der Waals surface area contributed by atoms with E-state index in [0.717, 1.165) is 16.8 Å². The van der Waals surface area contributed by atoms with Gasteiger partial charge in [0, 0.05) is 23.8 Å². The van der Waals surface area contributed by atoms with Gasteiger partial charge < -0.3 is 9.90 Å². The molecule has 1 heterocycles. The van der Waals surface area contributed by atoms with E-state index >= 15 is 0 Å². The molecule has 1 amide bonds. The zero-order valence-corrected chi connectivity index (χ0v) is 14.9. The molecule has 0 saturated carbocycles. The summed E-state index contributed by atoms with van der Waals surface area (Å²) in [6, 6.07) is 16.8. The molecule has 0 radical (unpaired) electrons. The maximum atomic E-state index is 12.7. The molecule has 0 aliphatic carbocycles. The number of aliphatic carboxylic acids is 1. The molecule has 1 aliphatic heterocycles. The van der Waals surface area contributed by atoms with Crippen LogP contribution >= 0.6 is 11.6 Å². The molecule has 2 aromatic carbocycles. The van der Waals surface area contributed by atoms with E-state index in [-0.39, 0.29) is 31.2 Å². The van der Waals surface area contributed by atoms with Crippen molar-refractivity contribution in [3.8, 4) is 0 Å². The Bertz CT molecular complexity index is 836. The highest BCUT2D eigenvalue weighted by Gasteiger charge is 2.33. The summed E-state index contributed by atoms with van der Waals surface area (Å²) >= 11 is 6.34. The van der Waals surface area contributed by atoms with Crippen molar-refractivity contribution in [1.82, 2.24) is 5.01 Å². The molecule has 0 fully saturated rings. The monoisotopic (exact) mass is 369 g/mol. The lowest BCUT2D eigenvalue weighted by Crippen LogP contribution is -2.28. The van der Waals surface area contributed by atoms with Gasteiger partial charge in [0.05, 0.1) is 11.8 Å². The van der Waals surface area contributed by atoms with E-state index in [0.29, 0.717) is 11.4 Å². The van der Waals surface area contributed by atoms with E-state index in [1.807, 2.05) is 48.5 Å². The first-order valence-corrected chi connectivity index (χ1v) is 8.83. The average Bonchev–Trinajstić information content (AvgIpc) is 3.08. The van der Waals surface area contributed by atoms with Crippen LogP contribution in [0.2, 0.25) is 5.02 Å². The lowest BCUT2D eigenvalue weighted by molar-refractivity contribution is -0.305. The highest BCUT2D eigenvalue weighted by atomic mass is 35.5. The second kappa shape index (κ2) is 8.15. The van der Waals surface area contributed by atoms with E-state index in [1.165, 1.54) is 5.01 Å². The van der Waals surface area contributed by atoms with E-state index < -0.39 is 5.97 Å². The van der Waals surface area contributed by atoms with Gasteiger partial charge in [-0.1, -0.05) is 60.1 Å². The highest BCUT2D eigenvalue weighted by molar-refractivity contribution is 6.31. The molecule has 5 nitrogen and oxygen atoms in total. The van der Waals surface area contributed by atoms with Gasteiger partial charge in [-0.25, -0.2) is 5.01 Å². The van der Waals surface area contributed by atoms with E-state index in [2.05, 4.69) is 5.10 Å². The van der Waals surface area contributed by atoms with Gasteiger partial charge in [0.1, 0.15) is 0 Å². The molecule has 2 aromatic rings. The summed E-state index contributed by atoms with van der Waals surface area (Å²) in [6.45, 7) is 0. The Morgan fingerprint density at radius 1 is 1.08 bits per heavy atom. The van der Waals surface area contributed by atoms with Gasteiger partial charge in [0.15, 0.2) is 0 Å². The number of hydrogen-bond acceptors (Lipinski definition) is 4. The van der Waals surface area contributed by atoms with Gasteiger partial charge in [-0.15, -0.1) is 0 Å². The van der Waals surface area contributed by atoms with Crippen LogP contribution in [0.25, 0.3) is 0 Å². The summed E-state index contributed by atoms with van der Waals surface area (Å²) in [5, 5.41) is 17.1. The summed E-state index contributed by atoms with van der Waals surface area (Å²) < 4.78 is 0. The van der Waals surface area contributed by atoms with Crippen molar-refractivity contribution in [3.05, 3.63) is 70.7 Å². The summed E-state index contributed by atoms with van der Waals surface area (Å²) in [6.07, 6.45) is 0.731. The van der Waals surface area contributed by atoms with Gasteiger partial charge in [-0.05, 0) is 30.0 Å². The van der Waals surface area contributed by atoms with Gasteiger partial charge in [-0.2, -0.15) is 5.10 Å². The number of carboxylic acid groups (broad SMARTS) is 1. The molecule has 0 saturated heterocycles. The second-order valence-electron chi connectivity index (χ2n) is 6.12. The zero-order chi connectivity index (χ0) is 18.5. The third-order valence-corrected chi connectivity index (χ3v) is 4.65. The van der Waals surface area contributed by atoms with E-state index in [4.69, 9.17) is 11.6 Å². The number of halogens is 1. The minimum absolute atomic E-state index is 0.0977. The Balaban J connectivity index is 1.87. The maximum absolute atomic E-state index is 12.7. The zero-order valence-electron chi connectivity index (χ0n) is 14.1. The van der Waals surface area contributed by atoms with Crippen LogP contribution in [0, 0.1) is 0 Å². The van der Waals surface area contributed by atoms with Crippen LogP contribution < -0.4 is 5.11 Å². The number of carbonyl (C=O) groups is 2. The fraction of sp³-hybridized carbons (Fsp3) is 0.250. The van der Waals surface area contributed by atoms with Crippen molar-refractivity contribution < 1.29 is 14.7 Å². The number of carbonyl (C=O) groups excluding carboxylic acids is 2. The van der Waals surface area contributed by atoms with Gasteiger partial charge in [-0.3, -0.25) is 4.79 Å². The van der Waals surface area contributed by atoms with Crippen LogP contribution in [-0.4, -0.2) is 22.6 Å². The van der Waals surface area contributed by atoms with E-state index in [1.54, 1.807) is 6.07 Å². The quantitative estimate of drug-likeness (QED) is 0.785. The smallest absolute Gasteiger partial charge is 0.243 e. The third-order valence-electron chi connectivity index (χ3n) is 4.31. The van der Waals surface area contributed by atoms with Crippen molar-refractivity contribution in [2.45, 2.75) is 31.7 Å². The van der Waals surface area contributed by atoms with Crippen LogP contribution in [0.4, 0.5) is 0 Å². The fourth-order valence-corrected chi connectivity index (χ4v) is 3.29. The Morgan fingerprint density at radius 2 is 1.77 bits per heavy atom. The predicted octanol–water partition coefficient (Wildman–Crippen LogP) is 2.94. The molecular weight excluding hydrogens is 352 g/mol. The molecule has 134 valence electrons. The first kappa shape index (κ1) is 18.1. The third kappa shape index (κ3) is 4.11. The fourth-order valence-electron chi connectivity index (χ4n) is 3.03. The Morgan fingerprint density at radius 3 is 2.46 bits per heavy atom. The topological polar surface area (TPSA) is 72.8 Å². The number of hydrogen-bond donors (Lipinski definition) is 0. The molecule has 1 aliphatic rings. The van der Waals surface area contributed by atoms with Gasteiger partial charge >= 0.3 is 0 Å². The van der Waals surface area contributed by atoms with Crippen molar-refractivity contribution >= 4 is 29.2 Å². The molecule has 0 unspecified atom stereocenters. The van der Waals surface area contributed by atoms with Crippen molar-refractivity contribution in [2.75, 3.05) is 0 Å². The largest absolute Gasteiger partial charge is 0.550 e. The molecule has 0 N–H and O–H groups in total. The molecule has 26 heavy (non-hydrogen) atoms. The molecule has 1 atom stereocenters. The number of hydrazone groups is 1. The Kier molecular flexibility index (Phi) is 5.68. The summed E-state index contributed by atoms with van der Waals surface area (Å²) in [5.41, 5.74) is 2.59. The van der Waals surface area contributed by atoms with E-state index in [9.17, 15) is 14.7 Å². The molecule has 0 aromatic heterocycles.